The number of nitrogens with zero attached hydrogens (tertiary/aromatic N) is 3. The molecule has 0 saturated carbocycles. The van der Waals surface area contributed by atoms with Gasteiger partial charge < -0.3 is 15.8 Å². The predicted molar refractivity (Wildman–Crippen MR) is 85.7 cm³/mol. The molecule has 1 aliphatic heterocycles. The maximum absolute atomic E-state index is 12.2. The molecule has 2 aromatic rings. The van der Waals surface area contributed by atoms with E-state index in [0.29, 0.717) is 38.4 Å². The molecule has 0 aliphatic carbocycles. The molecule has 0 unspecified atom stereocenters. The number of benzene rings is 1. The van der Waals surface area contributed by atoms with Gasteiger partial charge in [-0.3, -0.25) is 4.79 Å². The van der Waals surface area contributed by atoms with Crippen LogP contribution in [0, 0.1) is 0 Å². The maximum atomic E-state index is 12.2. The molecule has 124 valence electrons. The van der Waals surface area contributed by atoms with Gasteiger partial charge in [0.15, 0.2) is 0 Å². The summed E-state index contributed by atoms with van der Waals surface area (Å²) in [5, 5.41) is 16.7. The van der Waals surface area contributed by atoms with E-state index < -0.39 is 5.54 Å². The number of hydrogen-bond donors (Lipinski definition) is 3. The van der Waals surface area contributed by atoms with Crippen LogP contribution in [0.5, 0.6) is 0 Å². The first kappa shape index (κ1) is 17.3. The fraction of sp³-hybridized carbons (Fsp3) is 0.429. The number of ether oxygens (including phenoxy) is 1. The molecule has 3 rings (SSSR count). The van der Waals surface area contributed by atoms with Crippen LogP contribution in [-0.4, -0.2) is 45.3 Å². The van der Waals surface area contributed by atoms with Crippen LogP contribution in [-0.2, 0) is 16.1 Å². The number of aromatic nitrogens is 4. The van der Waals surface area contributed by atoms with Crippen LogP contribution in [0.25, 0.3) is 11.4 Å². The minimum atomic E-state index is -0.817. The van der Waals surface area contributed by atoms with E-state index in [9.17, 15) is 4.79 Å². The van der Waals surface area contributed by atoms with E-state index in [1.54, 1.807) is 0 Å². The van der Waals surface area contributed by atoms with Gasteiger partial charge in [0.25, 0.3) is 0 Å². The summed E-state index contributed by atoms with van der Waals surface area (Å²) in [5.74, 6) is 0.414. The first-order valence-electron chi connectivity index (χ1n) is 7.15. The molecular weight excluding hydrogens is 320 g/mol. The van der Waals surface area contributed by atoms with E-state index >= 15 is 0 Å². The number of carbonyl (C=O) groups is 1. The van der Waals surface area contributed by atoms with E-state index in [1.807, 2.05) is 24.3 Å². The third-order valence-corrected chi connectivity index (χ3v) is 3.85. The Bertz CT molecular complexity index is 625. The topological polar surface area (TPSA) is 119 Å². The number of nitrogens with two attached hydrogens (primary N) is 1. The number of nitrogens with one attached hydrogen (secondary N) is 2. The van der Waals surface area contributed by atoms with Gasteiger partial charge >= 0.3 is 0 Å². The van der Waals surface area contributed by atoms with Crippen LogP contribution >= 0.6 is 12.4 Å². The second kappa shape index (κ2) is 7.49. The molecule has 8 nitrogen and oxygen atoms in total. The van der Waals surface area contributed by atoms with Crippen LogP contribution in [0.2, 0.25) is 0 Å². The zero-order valence-electron chi connectivity index (χ0n) is 12.5. The highest BCUT2D eigenvalue weighted by Gasteiger charge is 2.35. The summed E-state index contributed by atoms with van der Waals surface area (Å²) in [6, 6.07) is 7.61. The fourth-order valence-corrected chi connectivity index (χ4v) is 2.38. The molecule has 2 heterocycles. The van der Waals surface area contributed by atoms with Crippen LogP contribution < -0.4 is 11.1 Å². The van der Waals surface area contributed by atoms with Crippen LogP contribution in [0.15, 0.2) is 24.3 Å². The van der Waals surface area contributed by atoms with Gasteiger partial charge in [-0.2, -0.15) is 5.21 Å². The third-order valence-electron chi connectivity index (χ3n) is 3.85. The SMILES string of the molecule is Cl.NC1(C(=O)NCc2ccc(-c3nn[nH]n3)cc2)CCOCC1. The van der Waals surface area contributed by atoms with Crippen LogP contribution in [0.3, 0.4) is 0 Å². The molecule has 1 aliphatic rings. The number of tetrazole rings is 1. The maximum Gasteiger partial charge on any atom is 0.240 e. The largest absolute Gasteiger partial charge is 0.381 e. The summed E-state index contributed by atoms with van der Waals surface area (Å²) in [6.07, 6.45) is 1.10. The third kappa shape index (κ3) is 4.04. The van der Waals surface area contributed by atoms with Crippen molar-refractivity contribution in [2.24, 2.45) is 5.73 Å². The Morgan fingerprint density at radius 2 is 2.00 bits per heavy atom. The van der Waals surface area contributed by atoms with Gasteiger partial charge in [0, 0.05) is 25.3 Å². The van der Waals surface area contributed by atoms with E-state index in [4.69, 9.17) is 10.5 Å². The first-order chi connectivity index (χ1) is 10.7. The molecule has 9 heteroatoms. The highest BCUT2D eigenvalue weighted by molar-refractivity contribution is 5.86. The van der Waals surface area contributed by atoms with Crippen molar-refractivity contribution >= 4 is 18.3 Å². The van der Waals surface area contributed by atoms with Crippen LogP contribution in [0.4, 0.5) is 0 Å². The molecule has 1 aromatic heterocycles. The fourth-order valence-electron chi connectivity index (χ4n) is 2.38. The van der Waals surface area contributed by atoms with Crippen molar-refractivity contribution in [3.8, 4) is 11.4 Å². The van der Waals surface area contributed by atoms with Crippen molar-refractivity contribution in [1.82, 2.24) is 25.9 Å². The number of amides is 1. The first-order valence-corrected chi connectivity index (χ1v) is 7.15. The quantitative estimate of drug-likeness (QED) is 0.743. The minimum absolute atomic E-state index is 0. The molecular formula is C14H19ClN6O2. The number of hydrogen-bond acceptors (Lipinski definition) is 6. The standard InChI is InChI=1S/C14H18N6O2.ClH/c15-14(5-7-22-8-6-14)13(21)16-9-10-1-3-11(4-2-10)12-17-19-20-18-12;/h1-4H,5-9,15H2,(H,16,21)(H,17,18,19,20);1H. The minimum Gasteiger partial charge on any atom is -0.381 e. The average molecular weight is 339 g/mol. The number of aromatic amines is 1. The van der Waals surface area contributed by atoms with Gasteiger partial charge in [-0.1, -0.05) is 24.3 Å². The Morgan fingerprint density at radius 3 is 2.61 bits per heavy atom. The highest BCUT2D eigenvalue weighted by Crippen LogP contribution is 2.18. The highest BCUT2D eigenvalue weighted by atomic mass is 35.5. The summed E-state index contributed by atoms with van der Waals surface area (Å²) in [5.41, 5.74) is 7.17. The molecule has 1 aromatic carbocycles. The van der Waals surface area contributed by atoms with Crippen molar-refractivity contribution < 1.29 is 9.53 Å². The lowest BCUT2D eigenvalue weighted by atomic mass is 9.90. The average Bonchev–Trinajstić information content (AvgIpc) is 3.08. The molecule has 0 spiro atoms. The Labute approximate surface area is 139 Å². The Kier molecular flexibility index (Phi) is 5.64. The molecule has 0 radical (unpaired) electrons. The molecule has 1 fully saturated rings. The summed E-state index contributed by atoms with van der Waals surface area (Å²) in [4.78, 5) is 12.2. The number of halogens is 1. The lowest BCUT2D eigenvalue weighted by Gasteiger charge is -2.31. The van der Waals surface area contributed by atoms with Gasteiger partial charge in [0.1, 0.15) is 0 Å². The van der Waals surface area contributed by atoms with E-state index in [2.05, 4.69) is 25.9 Å². The number of rotatable bonds is 4. The molecule has 1 amide bonds. The van der Waals surface area contributed by atoms with Gasteiger partial charge in [-0.05, 0) is 23.6 Å². The normalized spacial score (nSPS) is 16.4. The molecule has 23 heavy (non-hydrogen) atoms. The zero-order valence-corrected chi connectivity index (χ0v) is 13.3. The van der Waals surface area contributed by atoms with Crippen molar-refractivity contribution in [2.45, 2.75) is 24.9 Å². The Hall–Kier alpha value is -2.03. The Morgan fingerprint density at radius 1 is 1.30 bits per heavy atom. The van der Waals surface area contributed by atoms with Gasteiger partial charge in [0.05, 0.1) is 5.54 Å². The van der Waals surface area contributed by atoms with Gasteiger partial charge in [0.2, 0.25) is 11.7 Å². The molecule has 1 saturated heterocycles. The van der Waals surface area contributed by atoms with Crippen molar-refractivity contribution in [1.29, 1.82) is 0 Å². The second-order valence-electron chi connectivity index (χ2n) is 5.38. The van der Waals surface area contributed by atoms with Crippen LogP contribution in [0.1, 0.15) is 18.4 Å². The van der Waals surface area contributed by atoms with E-state index in [-0.39, 0.29) is 18.3 Å². The molecule has 0 bridgehead atoms. The lowest BCUT2D eigenvalue weighted by Crippen LogP contribution is -2.56. The molecule has 4 N–H and O–H groups in total. The predicted octanol–water partition coefficient (Wildman–Crippen LogP) is 0.413. The smallest absolute Gasteiger partial charge is 0.240 e. The van der Waals surface area contributed by atoms with E-state index in [0.717, 1.165) is 11.1 Å². The lowest BCUT2D eigenvalue weighted by molar-refractivity contribution is -0.129. The molecule has 0 atom stereocenters. The van der Waals surface area contributed by atoms with Crippen molar-refractivity contribution in [3.63, 3.8) is 0 Å². The van der Waals surface area contributed by atoms with Gasteiger partial charge in [-0.25, -0.2) is 0 Å². The van der Waals surface area contributed by atoms with Crippen molar-refractivity contribution in [2.75, 3.05) is 13.2 Å². The Balaban J connectivity index is 0.00000192. The van der Waals surface area contributed by atoms with Gasteiger partial charge in [-0.15, -0.1) is 22.6 Å². The van der Waals surface area contributed by atoms with E-state index in [1.165, 1.54) is 0 Å². The number of carbonyl (C=O) groups excluding carboxylic acids is 1. The second-order valence-corrected chi connectivity index (χ2v) is 5.38. The summed E-state index contributed by atoms with van der Waals surface area (Å²) < 4.78 is 5.25. The van der Waals surface area contributed by atoms with Crippen molar-refractivity contribution in [3.05, 3.63) is 29.8 Å². The summed E-state index contributed by atoms with van der Waals surface area (Å²) in [6.45, 7) is 1.50. The number of H-pyrrole nitrogens is 1. The summed E-state index contributed by atoms with van der Waals surface area (Å²) >= 11 is 0. The monoisotopic (exact) mass is 338 g/mol. The zero-order chi connectivity index (χ0) is 15.4. The summed E-state index contributed by atoms with van der Waals surface area (Å²) in [7, 11) is 0.